The van der Waals surface area contributed by atoms with E-state index in [1.807, 2.05) is 54.6 Å². The van der Waals surface area contributed by atoms with Crippen molar-refractivity contribution in [2.75, 3.05) is 38.7 Å². The van der Waals surface area contributed by atoms with Gasteiger partial charge in [0, 0.05) is 12.5 Å². The van der Waals surface area contributed by atoms with Crippen LogP contribution in [0, 0.1) is 5.92 Å². The zero-order chi connectivity index (χ0) is 21.1. The van der Waals surface area contributed by atoms with E-state index in [-0.39, 0.29) is 23.5 Å². The van der Waals surface area contributed by atoms with Crippen LogP contribution in [0.2, 0.25) is 0 Å². The van der Waals surface area contributed by atoms with Gasteiger partial charge in [-0.25, -0.2) is 8.42 Å². The topological polar surface area (TPSA) is 53.0 Å². The molecule has 0 aromatic heterocycles. The van der Waals surface area contributed by atoms with Crippen molar-refractivity contribution in [3.05, 3.63) is 77.4 Å². The lowest BCUT2D eigenvalue weighted by atomic mass is 9.87. The Hall–Kier alpha value is -2.44. The molecule has 0 aliphatic carbocycles. The third kappa shape index (κ3) is 4.65. The summed E-state index contributed by atoms with van der Waals surface area (Å²) in [5, 5.41) is 7.13. The van der Waals surface area contributed by atoms with Crippen LogP contribution in [0.5, 0.6) is 0 Å². The van der Waals surface area contributed by atoms with Gasteiger partial charge in [-0.15, -0.1) is 0 Å². The monoisotopic (exact) mass is 423 g/mol. The lowest BCUT2D eigenvalue weighted by Gasteiger charge is -2.30. The summed E-state index contributed by atoms with van der Waals surface area (Å²) in [5.41, 5.74) is 3.90. The van der Waals surface area contributed by atoms with Crippen LogP contribution in [-0.4, -0.2) is 62.7 Å². The van der Waals surface area contributed by atoms with Crippen molar-refractivity contribution in [2.24, 2.45) is 11.0 Å². The largest absolute Gasteiger partial charge is 0.309 e. The Morgan fingerprint density at radius 2 is 1.73 bits per heavy atom. The fourth-order valence-corrected chi connectivity index (χ4v) is 6.12. The van der Waals surface area contributed by atoms with Crippen LogP contribution in [0.3, 0.4) is 0 Å². The third-order valence-corrected chi connectivity index (χ3v) is 7.32. The van der Waals surface area contributed by atoms with Gasteiger partial charge in [-0.2, -0.15) is 5.10 Å². The average Bonchev–Trinajstić information content (AvgIpc) is 3.06. The minimum Gasteiger partial charge on any atom is -0.309 e. The highest BCUT2D eigenvalue weighted by molar-refractivity contribution is 7.91. The molecule has 2 heterocycles. The molecule has 158 valence electrons. The summed E-state index contributed by atoms with van der Waals surface area (Å²) in [6, 6.07) is 20.1. The zero-order valence-electron chi connectivity index (χ0n) is 17.6. The molecule has 2 aliphatic rings. The van der Waals surface area contributed by atoms with E-state index in [2.05, 4.69) is 36.1 Å². The third-order valence-electron chi connectivity index (χ3n) is 5.70. The Bertz CT molecular complexity index is 1030. The quantitative estimate of drug-likeness (QED) is 0.714. The van der Waals surface area contributed by atoms with Gasteiger partial charge in [-0.3, -0.25) is 5.01 Å². The molecule has 2 aromatic rings. The van der Waals surface area contributed by atoms with Crippen molar-refractivity contribution in [3.8, 4) is 0 Å². The number of sulfone groups is 1. The molecule has 0 amide bonds. The van der Waals surface area contributed by atoms with Crippen molar-refractivity contribution < 1.29 is 8.42 Å². The molecule has 2 aromatic carbocycles. The van der Waals surface area contributed by atoms with Crippen LogP contribution in [-0.2, 0) is 9.84 Å². The molecule has 30 heavy (non-hydrogen) atoms. The van der Waals surface area contributed by atoms with Crippen molar-refractivity contribution in [1.82, 2.24) is 9.91 Å². The van der Waals surface area contributed by atoms with Gasteiger partial charge in [0.15, 0.2) is 9.84 Å². The molecule has 0 bridgehead atoms. The van der Waals surface area contributed by atoms with Gasteiger partial charge in [0.25, 0.3) is 0 Å². The van der Waals surface area contributed by atoms with Gasteiger partial charge in [-0.1, -0.05) is 60.7 Å². The SMILES string of the molecule is CN(C)CCCN1N=C2C(=Cc3ccccc3)CS(=O)(=O)CC2C1c1ccccc1. The fraction of sp³-hybridized carbons (Fsp3) is 0.375. The van der Waals surface area contributed by atoms with Crippen LogP contribution in [0.15, 0.2) is 71.3 Å². The van der Waals surface area contributed by atoms with Crippen LogP contribution < -0.4 is 0 Å². The first-order chi connectivity index (χ1) is 14.4. The number of rotatable bonds is 6. The normalized spacial score (nSPS) is 24.2. The molecule has 0 N–H and O–H groups in total. The van der Waals surface area contributed by atoms with Crippen molar-refractivity contribution in [1.29, 1.82) is 0 Å². The summed E-state index contributed by atoms with van der Waals surface area (Å²) < 4.78 is 25.7. The minimum atomic E-state index is -3.19. The number of hydrazone groups is 1. The maximum atomic E-state index is 12.9. The number of benzene rings is 2. The number of hydrogen-bond donors (Lipinski definition) is 0. The highest BCUT2D eigenvalue weighted by atomic mass is 32.2. The molecule has 1 fully saturated rings. The minimum absolute atomic E-state index is 0.0439. The second kappa shape index (κ2) is 8.74. The summed E-state index contributed by atoms with van der Waals surface area (Å²) in [4.78, 5) is 2.17. The first-order valence-electron chi connectivity index (χ1n) is 10.4. The lowest BCUT2D eigenvalue weighted by molar-refractivity contribution is 0.198. The second-order valence-electron chi connectivity index (χ2n) is 8.40. The van der Waals surface area contributed by atoms with Gasteiger partial charge >= 0.3 is 0 Å². The van der Waals surface area contributed by atoms with E-state index < -0.39 is 9.84 Å². The predicted molar refractivity (Wildman–Crippen MR) is 123 cm³/mol. The van der Waals surface area contributed by atoms with Gasteiger partial charge in [0.05, 0.1) is 23.3 Å². The van der Waals surface area contributed by atoms with Crippen molar-refractivity contribution in [3.63, 3.8) is 0 Å². The van der Waals surface area contributed by atoms with E-state index in [4.69, 9.17) is 5.10 Å². The molecular formula is C24H29N3O2S. The van der Waals surface area contributed by atoms with Gasteiger partial charge < -0.3 is 4.90 Å². The molecule has 4 rings (SSSR count). The molecule has 5 nitrogen and oxygen atoms in total. The van der Waals surface area contributed by atoms with E-state index in [9.17, 15) is 8.42 Å². The summed E-state index contributed by atoms with van der Waals surface area (Å²) >= 11 is 0. The number of fused-ring (bicyclic) bond motifs is 1. The first kappa shape index (κ1) is 20.8. The van der Waals surface area contributed by atoms with Crippen molar-refractivity contribution >= 4 is 21.6 Å². The van der Waals surface area contributed by atoms with Gasteiger partial charge in [0.2, 0.25) is 0 Å². The Kier molecular flexibility index (Phi) is 6.06. The molecule has 0 saturated carbocycles. The van der Waals surface area contributed by atoms with Crippen LogP contribution in [0.1, 0.15) is 23.6 Å². The Labute approximate surface area is 179 Å². The predicted octanol–water partition coefficient (Wildman–Crippen LogP) is 3.48. The summed E-state index contributed by atoms with van der Waals surface area (Å²) in [6.45, 7) is 1.77. The van der Waals surface area contributed by atoms with E-state index in [1.165, 1.54) is 0 Å². The number of nitrogens with zero attached hydrogens (tertiary/aromatic N) is 3. The summed E-state index contributed by atoms with van der Waals surface area (Å²) in [6.07, 6.45) is 2.97. The van der Waals surface area contributed by atoms with Crippen LogP contribution in [0.4, 0.5) is 0 Å². The molecule has 1 saturated heterocycles. The standard InChI is InChI=1S/C24H29N3O2S/c1-26(2)14-9-15-27-24(20-12-7-4-8-13-20)22-18-30(28,29)17-21(23(22)25-27)16-19-10-5-3-6-11-19/h3-8,10-13,16,22,24H,9,14-15,17-18H2,1-2H3. The molecule has 2 aliphatic heterocycles. The Balaban J connectivity index is 1.72. The molecule has 6 heteroatoms. The van der Waals surface area contributed by atoms with E-state index >= 15 is 0 Å². The maximum Gasteiger partial charge on any atom is 0.155 e. The van der Waals surface area contributed by atoms with E-state index in [1.54, 1.807) is 0 Å². The van der Waals surface area contributed by atoms with Gasteiger partial charge in [-0.05, 0) is 49.8 Å². The average molecular weight is 424 g/mol. The molecule has 2 atom stereocenters. The highest BCUT2D eigenvalue weighted by Crippen LogP contribution is 2.41. The molecule has 0 spiro atoms. The summed E-state index contributed by atoms with van der Waals surface area (Å²) in [7, 11) is 0.946. The smallest absolute Gasteiger partial charge is 0.155 e. The Morgan fingerprint density at radius 1 is 1.07 bits per heavy atom. The molecular weight excluding hydrogens is 394 g/mol. The lowest BCUT2D eigenvalue weighted by Crippen LogP contribution is -2.37. The fourth-order valence-electron chi connectivity index (χ4n) is 4.41. The molecule has 2 unspecified atom stereocenters. The van der Waals surface area contributed by atoms with Crippen LogP contribution in [0.25, 0.3) is 6.08 Å². The Morgan fingerprint density at radius 3 is 2.40 bits per heavy atom. The van der Waals surface area contributed by atoms with E-state index in [0.717, 1.165) is 41.9 Å². The van der Waals surface area contributed by atoms with E-state index in [0.29, 0.717) is 0 Å². The van der Waals surface area contributed by atoms with Crippen molar-refractivity contribution in [2.45, 2.75) is 12.5 Å². The summed E-state index contributed by atoms with van der Waals surface area (Å²) in [5.74, 6) is 0.0758. The molecule has 0 radical (unpaired) electrons. The number of hydrogen-bond acceptors (Lipinski definition) is 5. The van der Waals surface area contributed by atoms with Crippen LogP contribution >= 0.6 is 0 Å². The maximum absolute atomic E-state index is 12.9. The zero-order valence-corrected chi connectivity index (χ0v) is 18.4. The van der Waals surface area contributed by atoms with Gasteiger partial charge in [0.1, 0.15) is 0 Å². The highest BCUT2D eigenvalue weighted by Gasteiger charge is 2.45. The second-order valence-corrected chi connectivity index (χ2v) is 10.5. The first-order valence-corrected chi connectivity index (χ1v) is 12.3.